The third kappa shape index (κ3) is 3.75. The van der Waals surface area contributed by atoms with Crippen LogP contribution in [0.5, 0.6) is 0 Å². The molecule has 0 atom stereocenters. The molecular formula is C18H24N4O3S. The van der Waals surface area contributed by atoms with E-state index in [1.807, 2.05) is 41.3 Å². The first-order valence-corrected chi connectivity index (χ1v) is 10.2. The number of benzene rings is 1. The van der Waals surface area contributed by atoms with Crippen molar-refractivity contribution in [3.63, 3.8) is 0 Å². The number of nitrogens with zero attached hydrogens (tertiary/aromatic N) is 3. The first kappa shape index (κ1) is 18.4. The highest BCUT2D eigenvalue weighted by molar-refractivity contribution is 7.92. The molecule has 0 bridgehead atoms. The van der Waals surface area contributed by atoms with Crippen molar-refractivity contribution in [3.05, 3.63) is 42.2 Å². The largest absolute Gasteiger partial charge is 0.359 e. The molecule has 1 fully saturated rings. The number of sulfone groups is 1. The Hall–Kier alpha value is -2.35. The maximum absolute atomic E-state index is 12.2. The van der Waals surface area contributed by atoms with E-state index in [0.29, 0.717) is 31.4 Å². The normalized spacial score (nSPS) is 19.3. The third-order valence-electron chi connectivity index (χ3n) is 4.60. The second-order valence-corrected chi connectivity index (χ2v) is 9.69. The second kappa shape index (κ2) is 7.11. The van der Waals surface area contributed by atoms with E-state index < -0.39 is 14.6 Å². The van der Waals surface area contributed by atoms with Crippen molar-refractivity contribution in [2.24, 2.45) is 4.99 Å². The molecule has 1 N–H and O–H groups in total. The van der Waals surface area contributed by atoms with E-state index in [2.05, 4.69) is 15.5 Å². The van der Waals surface area contributed by atoms with Gasteiger partial charge < -0.3 is 14.7 Å². The van der Waals surface area contributed by atoms with Crippen molar-refractivity contribution >= 4 is 15.8 Å². The van der Waals surface area contributed by atoms with Crippen LogP contribution >= 0.6 is 0 Å². The van der Waals surface area contributed by atoms with E-state index >= 15 is 0 Å². The standard InChI is InChI=1S/C18H24N4O3S/c1-18(2)13-22(9-10-26(18,23)24)17(19-3)20-12-15-11-16(21-25-15)14-7-5-4-6-8-14/h4-8,11H,9-10,12-13H2,1-3H3,(H,19,20). The molecular weight excluding hydrogens is 352 g/mol. The van der Waals surface area contributed by atoms with Crippen LogP contribution < -0.4 is 5.32 Å². The van der Waals surface area contributed by atoms with Crippen LogP contribution in [0, 0.1) is 0 Å². The number of guanidine groups is 1. The molecule has 140 valence electrons. The van der Waals surface area contributed by atoms with Crippen LogP contribution in [0.3, 0.4) is 0 Å². The lowest BCUT2D eigenvalue weighted by atomic mass is 10.1. The maximum Gasteiger partial charge on any atom is 0.194 e. The smallest absolute Gasteiger partial charge is 0.194 e. The number of rotatable bonds is 3. The van der Waals surface area contributed by atoms with Crippen LogP contribution in [0.1, 0.15) is 19.6 Å². The van der Waals surface area contributed by atoms with E-state index in [9.17, 15) is 8.42 Å². The summed E-state index contributed by atoms with van der Waals surface area (Å²) in [7, 11) is -1.39. The third-order valence-corrected chi connectivity index (χ3v) is 7.14. The summed E-state index contributed by atoms with van der Waals surface area (Å²) in [5.41, 5.74) is 1.78. The van der Waals surface area contributed by atoms with Gasteiger partial charge in [0.2, 0.25) is 0 Å². The molecule has 0 aliphatic carbocycles. The van der Waals surface area contributed by atoms with Gasteiger partial charge in [-0.25, -0.2) is 8.42 Å². The minimum atomic E-state index is -3.08. The van der Waals surface area contributed by atoms with Crippen LogP contribution in [-0.4, -0.2) is 55.1 Å². The molecule has 1 aliphatic rings. The summed E-state index contributed by atoms with van der Waals surface area (Å²) >= 11 is 0. The fourth-order valence-electron chi connectivity index (χ4n) is 2.96. The van der Waals surface area contributed by atoms with Crippen LogP contribution in [0.2, 0.25) is 0 Å². The fourth-order valence-corrected chi connectivity index (χ4v) is 4.33. The lowest BCUT2D eigenvalue weighted by molar-refractivity contribution is 0.346. The number of hydrogen-bond acceptors (Lipinski definition) is 5. The summed E-state index contributed by atoms with van der Waals surface area (Å²) in [6, 6.07) is 11.7. The monoisotopic (exact) mass is 376 g/mol. The van der Waals surface area contributed by atoms with E-state index in [1.54, 1.807) is 20.9 Å². The molecule has 3 rings (SSSR count). The highest BCUT2D eigenvalue weighted by Gasteiger charge is 2.40. The summed E-state index contributed by atoms with van der Waals surface area (Å²) in [5.74, 6) is 1.47. The summed E-state index contributed by atoms with van der Waals surface area (Å²) in [6.45, 7) is 4.77. The zero-order valence-electron chi connectivity index (χ0n) is 15.3. The van der Waals surface area contributed by atoms with Crippen LogP contribution in [0.15, 0.2) is 45.9 Å². The zero-order valence-corrected chi connectivity index (χ0v) is 16.1. The molecule has 7 nitrogen and oxygen atoms in total. The molecule has 1 aromatic carbocycles. The van der Waals surface area contributed by atoms with E-state index in [0.717, 1.165) is 11.3 Å². The number of aromatic nitrogens is 1. The van der Waals surface area contributed by atoms with E-state index in [4.69, 9.17) is 4.52 Å². The van der Waals surface area contributed by atoms with Gasteiger partial charge in [0.1, 0.15) is 5.69 Å². The van der Waals surface area contributed by atoms with Crippen LogP contribution in [0.4, 0.5) is 0 Å². The Morgan fingerprint density at radius 1 is 1.35 bits per heavy atom. The molecule has 0 saturated carbocycles. The molecule has 0 spiro atoms. The average Bonchev–Trinajstić information content (AvgIpc) is 3.08. The van der Waals surface area contributed by atoms with Gasteiger partial charge in [-0.15, -0.1) is 0 Å². The Bertz CT molecular complexity index is 888. The van der Waals surface area contributed by atoms with Gasteiger partial charge >= 0.3 is 0 Å². The summed E-state index contributed by atoms with van der Waals surface area (Å²) in [4.78, 5) is 6.25. The summed E-state index contributed by atoms with van der Waals surface area (Å²) in [5, 5.41) is 7.33. The van der Waals surface area contributed by atoms with Gasteiger partial charge in [-0.2, -0.15) is 0 Å². The molecule has 2 heterocycles. The molecule has 8 heteroatoms. The van der Waals surface area contributed by atoms with E-state index in [1.165, 1.54) is 0 Å². The predicted octanol–water partition coefficient (Wildman–Crippen LogP) is 1.93. The van der Waals surface area contributed by atoms with Crippen molar-refractivity contribution in [1.29, 1.82) is 0 Å². The molecule has 0 unspecified atom stereocenters. The molecule has 1 aromatic heterocycles. The average molecular weight is 376 g/mol. The topological polar surface area (TPSA) is 87.8 Å². The van der Waals surface area contributed by atoms with Gasteiger partial charge in [-0.3, -0.25) is 4.99 Å². The predicted molar refractivity (Wildman–Crippen MR) is 102 cm³/mol. The highest BCUT2D eigenvalue weighted by atomic mass is 32.2. The quantitative estimate of drug-likeness (QED) is 0.650. The lowest BCUT2D eigenvalue weighted by Crippen LogP contribution is -2.57. The van der Waals surface area contributed by atoms with Crippen molar-refractivity contribution in [2.75, 3.05) is 25.9 Å². The first-order valence-electron chi connectivity index (χ1n) is 8.51. The SMILES string of the molecule is CN=C(NCc1cc(-c2ccccc2)no1)N1CCS(=O)(=O)C(C)(C)C1. The summed E-state index contributed by atoms with van der Waals surface area (Å²) < 4.78 is 28.9. The van der Waals surface area contributed by atoms with Crippen molar-refractivity contribution in [1.82, 2.24) is 15.4 Å². The van der Waals surface area contributed by atoms with Gasteiger partial charge in [-0.05, 0) is 13.8 Å². The van der Waals surface area contributed by atoms with Crippen LogP contribution in [0.25, 0.3) is 11.3 Å². The zero-order chi connectivity index (χ0) is 18.8. The number of aliphatic imine (C=N–C) groups is 1. The molecule has 2 aromatic rings. The van der Waals surface area contributed by atoms with Crippen molar-refractivity contribution < 1.29 is 12.9 Å². The Morgan fingerprint density at radius 2 is 2.08 bits per heavy atom. The van der Waals surface area contributed by atoms with Gasteiger partial charge in [-0.1, -0.05) is 35.5 Å². The van der Waals surface area contributed by atoms with Crippen LogP contribution in [-0.2, 0) is 16.4 Å². The number of hydrogen-bond donors (Lipinski definition) is 1. The Labute approximate surface area is 154 Å². The Morgan fingerprint density at radius 3 is 2.73 bits per heavy atom. The first-order chi connectivity index (χ1) is 12.3. The fraction of sp³-hybridized carbons (Fsp3) is 0.444. The molecule has 0 amide bonds. The maximum atomic E-state index is 12.2. The molecule has 1 aliphatic heterocycles. The Balaban J connectivity index is 1.65. The molecule has 0 radical (unpaired) electrons. The van der Waals surface area contributed by atoms with Gasteiger partial charge in [0.05, 0.1) is 17.0 Å². The summed E-state index contributed by atoms with van der Waals surface area (Å²) in [6.07, 6.45) is 0. The number of nitrogens with one attached hydrogen (secondary N) is 1. The minimum absolute atomic E-state index is 0.126. The lowest BCUT2D eigenvalue weighted by Gasteiger charge is -2.39. The van der Waals surface area contributed by atoms with Crippen molar-refractivity contribution in [2.45, 2.75) is 25.1 Å². The van der Waals surface area contributed by atoms with Crippen molar-refractivity contribution in [3.8, 4) is 11.3 Å². The van der Waals surface area contributed by atoms with Gasteiger partial charge in [0.15, 0.2) is 21.6 Å². The molecule has 1 saturated heterocycles. The Kier molecular flexibility index (Phi) is 5.04. The van der Waals surface area contributed by atoms with Gasteiger partial charge in [0.25, 0.3) is 0 Å². The second-order valence-electron chi connectivity index (χ2n) is 6.95. The molecule has 26 heavy (non-hydrogen) atoms. The van der Waals surface area contributed by atoms with E-state index in [-0.39, 0.29) is 5.75 Å². The highest BCUT2D eigenvalue weighted by Crippen LogP contribution is 2.24. The minimum Gasteiger partial charge on any atom is -0.359 e. The van der Waals surface area contributed by atoms with Gasteiger partial charge in [0, 0.05) is 31.8 Å².